The summed E-state index contributed by atoms with van der Waals surface area (Å²) in [5.74, 6) is 0.494. The van der Waals surface area contributed by atoms with Gasteiger partial charge in [-0.25, -0.2) is 14.3 Å². The van der Waals surface area contributed by atoms with Gasteiger partial charge in [0.1, 0.15) is 0 Å². The first-order chi connectivity index (χ1) is 9.09. The number of H-pyrrole nitrogens is 1. The van der Waals surface area contributed by atoms with Gasteiger partial charge >= 0.3 is 11.6 Å². The van der Waals surface area contributed by atoms with E-state index in [0.29, 0.717) is 17.1 Å². The lowest BCUT2D eigenvalue weighted by Crippen LogP contribution is -2.36. The molecule has 1 N–H and O–H groups in total. The number of nitrogens with one attached hydrogen (secondary N) is 1. The molecule has 0 bridgehead atoms. The van der Waals surface area contributed by atoms with E-state index in [4.69, 9.17) is 0 Å². The molecule has 0 radical (unpaired) electrons. The molecule has 0 saturated heterocycles. The number of pyridine rings is 1. The topological polar surface area (TPSA) is 76.6 Å². The largest absolute Gasteiger partial charge is 0.403 e. The number of nitrogens with zero attached hydrogens (tertiary/aromatic N) is 4. The number of imidazole rings is 1. The molecule has 3 aromatic rings. The van der Waals surface area contributed by atoms with Gasteiger partial charge in [-0.05, 0) is 17.1 Å². The Bertz CT molecular complexity index is 878. The Morgan fingerprint density at radius 3 is 2.40 bits per heavy atom. The highest BCUT2D eigenvalue weighted by Crippen LogP contribution is 2.03. The average molecular weight is 339 g/mol. The van der Waals surface area contributed by atoms with Crippen LogP contribution in [0.5, 0.6) is 0 Å². The zero-order chi connectivity index (χ0) is 13.6. The minimum absolute atomic E-state index is 0. The molecule has 0 spiro atoms. The number of halogens is 1. The molecular weight excluding hydrogens is 326 g/mol. The molecule has 20 heavy (non-hydrogen) atoms. The van der Waals surface area contributed by atoms with E-state index in [-0.39, 0.29) is 22.5 Å². The van der Waals surface area contributed by atoms with Gasteiger partial charge in [0.05, 0.1) is 12.4 Å². The molecule has 3 heterocycles. The molecule has 0 aliphatic carbocycles. The van der Waals surface area contributed by atoms with Crippen LogP contribution >= 0.6 is 17.0 Å². The van der Waals surface area contributed by atoms with Gasteiger partial charge < -0.3 is 0 Å². The van der Waals surface area contributed by atoms with Crippen LogP contribution < -0.4 is 15.8 Å². The maximum absolute atomic E-state index is 12.0. The molecule has 104 valence electrons. The average Bonchev–Trinajstić information content (AvgIpc) is 2.89. The lowest BCUT2D eigenvalue weighted by molar-refractivity contribution is -0.603. The van der Waals surface area contributed by atoms with Crippen LogP contribution in [-0.4, -0.2) is 19.1 Å². The Morgan fingerprint density at radius 2 is 1.75 bits per heavy atom. The fourth-order valence-corrected chi connectivity index (χ4v) is 1.98. The van der Waals surface area contributed by atoms with Crippen molar-refractivity contribution in [3.05, 3.63) is 51.4 Å². The fourth-order valence-electron chi connectivity index (χ4n) is 1.98. The fraction of sp³-hybridized carbons (Fsp3) is 0.167. The molecule has 0 aliphatic heterocycles. The minimum Gasteiger partial charge on any atom is -0.265 e. The summed E-state index contributed by atoms with van der Waals surface area (Å²) in [6.45, 7) is 0. The maximum Gasteiger partial charge on any atom is 0.403 e. The van der Waals surface area contributed by atoms with Crippen LogP contribution in [0.2, 0.25) is 0 Å². The highest BCUT2D eigenvalue weighted by Gasteiger charge is 2.20. The van der Waals surface area contributed by atoms with E-state index in [1.54, 1.807) is 24.0 Å². The molecule has 3 aromatic heterocycles. The van der Waals surface area contributed by atoms with Crippen molar-refractivity contribution in [3.8, 4) is 5.95 Å². The Labute approximate surface area is 123 Å². The smallest absolute Gasteiger partial charge is 0.265 e. The summed E-state index contributed by atoms with van der Waals surface area (Å²) in [4.78, 5) is 31.1. The molecule has 0 aromatic carbocycles. The van der Waals surface area contributed by atoms with Crippen molar-refractivity contribution in [3.63, 3.8) is 0 Å². The van der Waals surface area contributed by atoms with Gasteiger partial charge in [-0.15, -0.1) is 17.0 Å². The predicted octanol–water partition coefficient (Wildman–Crippen LogP) is -0.185. The molecule has 0 fully saturated rings. The summed E-state index contributed by atoms with van der Waals surface area (Å²) >= 11 is 0. The van der Waals surface area contributed by atoms with Gasteiger partial charge in [-0.2, -0.15) is 0 Å². The van der Waals surface area contributed by atoms with Crippen LogP contribution in [-0.2, 0) is 14.1 Å². The number of rotatable bonds is 1. The van der Waals surface area contributed by atoms with Crippen molar-refractivity contribution >= 4 is 28.1 Å². The summed E-state index contributed by atoms with van der Waals surface area (Å²) in [5, 5.41) is 0. The van der Waals surface area contributed by atoms with E-state index < -0.39 is 5.69 Å². The van der Waals surface area contributed by atoms with E-state index in [1.165, 1.54) is 11.6 Å². The van der Waals surface area contributed by atoms with Crippen LogP contribution in [0.4, 0.5) is 0 Å². The van der Waals surface area contributed by atoms with E-state index in [0.717, 1.165) is 4.57 Å². The summed E-state index contributed by atoms with van der Waals surface area (Å²) in [6.07, 6.45) is 3.61. The Hall–Kier alpha value is -2.22. The van der Waals surface area contributed by atoms with Gasteiger partial charge in [0.2, 0.25) is 5.52 Å². The molecule has 0 saturated carbocycles. The number of fused-ring (bicyclic) bond motifs is 1. The number of hydrogen-bond donors (Lipinski definition) is 1. The van der Waals surface area contributed by atoms with Crippen molar-refractivity contribution in [2.45, 2.75) is 0 Å². The third kappa shape index (κ3) is 1.97. The molecule has 0 atom stereocenters. The van der Waals surface area contributed by atoms with Crippen molar-refractivity contribution in [1.29, 1.82) is 0 Å². The van der Waals surface area contributed by atoms with E-state index in [9.17, 15) is 9.59 Å². The monoisotopic (exact) mass is 338 g/mol. The first kappa shape index (κ1) is 14.2. The SMILES string of the molecule is Br.Cn1c(=O)c2[nH]c(-[n+]3ccccc3)nc2n(C)c1=O. The standard InChI is InChI=1S/C12H11N5O2.BrH/c1-15-9-8(10(18)16(2)12(15)19)13-11(14-9)17-6-4-3-5-7-17;/h3-7H,1-2H3;1H/p+1. The Kier molecular flexibility index (Phi) is 3.58. The normalized spacial score (nSPS) is 10.5. The summed E-state index contributed by atoms with van der Waals surface area (Å²) in [5.41, 5.74) is -0.114. The van der Waals surface area contributed by atoms with Gasteiger partial charge in [-0.3, -0.25) is 13.9 Å². The highest BCUT2D eigenvalue weighted by molar-refractivity contribution is 8.93. The van der Waals surface area contributed by atoms with Gasteiger partial charge in [0.15, 0.2) is 0 Å². The number of aryl methyl sites for hydroxylation is 1. The lowest BCUT2D eigenvalue weighted by atomic mass is 10.5. The van der Waals surface area contributed by atoms with Crippen LogP contribution in [0.1, 0.15) is 0 Å². The van der Waals surface area contributed by atoms with E-state index >= 15 is 0 Å². The molecule has 8 heteroatoms. The maximum atomic E-state index is 12.0. The van der Waals surface area contributed by atoms with Crippen LogP contribution in [0, 0.1) is 0 Å². The highest BCUT2D eigenvalue weighted by atomic mass is 79.9. The lowest BCUT2D eigenvalue weighted by Gasteiger charge is -1.98. The summed E-state index contributed by atoms with van der Waals surface area (Å²) in [7, 11) is 3.03. The molecule has 0 amide bonds. The van der Waals surface area contributed by atoms with E-state index in [2.05, 4.69) is 9.97 Å². The number of aromatic nitrogens is 5. The van der Waals surface area contributed by atoms with Gasteiger partial charge in [-0.1, -0.05) is 6.07 Å². The van der Waals surface area contributed by atoms with Gasteiger partial charge in [0, 0.05) is 14.1 Å². The Morgan fingerprint density at radius 1 is 1.10 bits per heavy atom. The molecular formula is C12H13BrN5O2+. The molecule has 3 rings (SSSR count). The second-order valence-electron chi connectivity index (χ2n) is 4.25. The van der Waals surface area contributed by atoms with Crippen molar-refractivity contribution in [2.24, 2.45) is 14.1 Å². The van der Waals surface area contributed by atoms with Crippen LogP contribution in [0.15, 0.2) is 40.2 Å². The van der Waals surface area contributed by atoms with Crippen molar-refractivity contribution in [2.75, 3.05) is 0 Å². The molecule has 0 aliphatic rings. The number of hydrogen-bond acceptors (Lipinski definition) is 3. The Balaban J connectivity index is 0.00000147. The third-order valence-corrected chi connectivity index (χ3v) is 3.04. The van der Waals surface area contributed by atoms with Crippen molar-refractivity contribution < 1.29 is 4.57 Å². The number of aromatic amines is 1. The second kappa shape index (κ2) is 5.04. The van der Waals surface area contributed by atoms with Crippen LogP contribution in [0.3, 0.4) is 0 Å². The van der Waals surface area contributed by atoms with Crippen molar-refractivity contribution in [1.82, 2.24) is 19.1 Å². The summed E-state index contributed by atoms with van der Waals surface area (Å²) in [6, 6.07) is 5.59. The first-order valence-corrected chi connectivity index (χ1v) is 5.72. The first-order valence-electron chi connectivity index (χ1n) is 5.72. The summed E-state index contributed by atoms with van der Waals surface area (Å²) < 4.78 is 4.14. The zero-order valence-corrected chi connectivity index (χ0v) is 12.6. The zero-order valence-electron chi connectivity index (χ0n) is 10.9. The molecule has 0 unspecified atom stereocenters. The van der Waals surface area contributed by atoms with Gasteiger partial charge in [0.25, 0.3) is 11.2 Å². The van der Waals surface area contributed by atoms with E-state index in [1.807, 2.05) is 18.2 Å². The second-order valence-corrected chi connectivity index (χ2v) is 4.25. The van der Waals surface area contributed by atoms with Crippen LogP contribution in [0.25, 0.3) is 17.1 Å². The minimum atomic E-state index is -0.395. The predicted molar refractivity (Wildman–Crippen MR) is 78.4 cm³/mol. The molecule has 7 nitrogen and oxygen atoms in total. The quantitative estimate of drug-likeness (QED) is 0.625. The third-order valence-electron chi connectivity index (χ3n) is 3.04.